The summed E-state index contributed by atoms with van der Waals surface area (Å²) in [6.45, 7) is 1.06. The Hall–Kier alpha value is -0.590. The first kappa shape index (κ1) is 11.9. The number of nitrogens with one attached hydrogen (secondary N) is 1. The van der Waals surface area contributed by atoms with Gasteiger partial charge >= 0.3 is 0 Å². The number of hydrogen-bond donors (Lipinski definition) is 1. The quantitative estimate of drug-likeness (QED) is 0.786. The standard InChI is InChI=1S/C13H23N3/c1-16(2)13(7-4-8-13)10-15-12-6-3-5-11(12)9-14/h11-12,15H,3-8,10H2,1-2H3. The van der Waals surface area contributed by atoms with E-state index in [0.717, 1.165) is 13.0 Å². The molecule has 0 bridgehead atoms. The van der Waals surface area contributed by atoms with Crippen molar-refractivity contribution in [3.63, 3.8) is 0 Å². The van der Waals surface area contributed by atoms with Gasteiger partial charge in [-0.1, -0.05) is 6.42 Å². The molecule has 90 valence electrons. The Morgan fingerprint density at radius 3 is 2.56 bits per heavy atom. The largest absolute Gasteiger partial charge is 0.311 e. The summed E-state index contributed by atoms with van der Waals surface area (Å²) in [6, 6.07) is 2.89. The molecule has 0 spiro atoms. The molecule has 2 aliphatic rings. The van der Waals surface area contributed by atoms with Crippen LogP contribution in [0, 0.1) is 17.2 Å². The van der Waals surface area contributed by atoms with Crippen molar-refractivity contribution >= 4 is 0 Å². The zero-order chi connectivity index (χ0) is 11.6. The van der Waals surface area contributed by atoms with Crippen LogP contribution in [0.25, 0.3) is 0 Å². The molecule has 2 atom stereocenters. The van der Waals surface area contributed by atoms with E-state index >= 15 is 0 Å². The van der Waals surface area contributed by atoms with E-state index in [1.807, 2.05) is 0 Å². The molecular weight excluding hydrogens is 198 g/mol. The predicted octanol–water partition coefficient (Wildman–Crippen LogP) is 1.75. The maximum atomic E-state index is 9.05. The predicted molar refractivity (Wildman–Crippen MR) is 65.0 cm³/mol. The van der Waals surface area contributed by atoms with Gasteiger partial charge in [-0.3, -0.25) is 0 Å². The lowest BCUT2D eigenvalue weighted by atomic mass is 9.75. The maximum absolute atomic E-state index is 9.05. The molecule has 3 nitrogen and oxygen atoms in total. The Morgan fingerprint density at radius 1 is 1.31 bits per heavy atom. The van der Waals surface area contributed by atoms with Crippen molar-refractivity contribution in [3.8, 4) is 6.07 Å². The topological polar surface area (TPSA) is 39.1 Å². The van der Waals surface area contributed by atoms with Crippen molar-refractivity contribution < 1.29 is 0 Å². The fraction of sp³-hybridized carbons (Fsp3) is 0.923. The van der Waals surface area contributed by atoms with E-state index < -0.39 is 0 Å². The van der Waals surface area contributed by atoms with Crippen molar-refractivity contribution in [2.45, 2.75) is 50.1 Å². The average molecular weight is 221 g/mol. The number of nitriles is 1. The summed E-state index contributed by atoms with van der Waals surface area (Å²) >= 11 is 0. The lowest BCUT2D eigenvalue weighted by molar-refractivity contribution is 0.0564. The van der Waals surface area contributed by atoms with Crippen LogP contribution in [-0.4, -0.2) is 37.1 Å². The smallest absolute Gasteiger partial charge is 0.0672 e. The highest BCUT2D eigenvalue weighted by molar-refractivity contribution is 5.01. The molecule has 0 aromatic heterocycles. The average Bonchev–Trinajstić information content (AvgIpc) is 2.63. The van der Waals surface area contributed by atoms with Crippen LogP contribution in [-0.2, 0) is 0 Å². The highest BCUT2D eigenvalue weighted by Crippen LogP contribution is 2.36. The van der Waals surface area contributed by atoms with Gasteiger partial charge in [-0.25, -0.2) is 0 Å². The first-order valence-corrected chi connectivity index (χ1v) is 6.48. The zero-order valence-electron chi connectivity index (χ0n) is 10.5. The Kier molecular flexibility index (Phi) is 3.51. The molecule has 2 fully saturated rings. The van der Waals surface area contributed by atoms with Gasteiger partial charge in [0.05, 0.1) is 12.0 Å². The molecule has 0 heterocycles. The molecule has 2 unspecified atom stereocenters. The minimum absolute atomic E-state index is 0.249. The summed E-state index contributed by atoms with van der Waals surface area (Å²) < 4.78 is 0. The van der Waals surface area contributed by atoms with Gasteiger partial charge in [0.25, 0.3) is 0 Å². The highest BCUT2D eigenvalue weighted by atomic mass is 15.2. The van der Waals surface area contributed by atoms with Gasteiger partial charge in [0.2, 0.25) is 0 Å². The summed E-state index contributed by atoms with van der Waals surface area (Å²) in [5.41, 5.74) is 0.378. The second kappa shape index (κ2) is 4.73. The van der Waals surface area contributed by atoms with Crippen LogP contribution in [0.4, 0.5) is 0 Å². The van der Waals surface area contributed by atoms with Crippen LogP contribution >= 0.6 is 0 Å². The summed E-state index contributed by atoms with van der Waals surface area (Å²) in [4.78, 5) is 2.36. The number of rotatable bonds is 4. The van der Waals surface area contributed by atoms with Gasteiger partial charge in [-0.15, -0.1) is 0 Å². The first-order chi connectivity index (χ1) is 7.68. The van der Waals surface area contributed by atoms with Crippen LogP contribution in [0.15, 0.2) is 0 Å². The van der Waals surface area contributed by atoms with Gasteiger partial charge in [0.1, 0.15) is 0 Å². The van der Waals surface area contributed by atoms with Crippen LogP contribution in [0.2, 0.25) is 0 Å². The molecule has 0 aromatic rings. The summed E-state index contributed by atoms with van der Waals surface area (Å²) in [5, 5.41) is 12.7. The molecule has 0 radical (unpaired) electrons. The van der Waals surface area contributed by atoms with E-state index in [4.69, 9.17) is 5.26 Å². The van der Waals surface area contributed by atoms with E-state index in [9.17, 15) is 0 Å². The van der Waals surface area contributed by atoms with Gasteiger partial charge in [-0.2, -0.15) is 5.26 Å². The SMILES string of the molecule is CN(C)C1(CNC2CCCC2C#N)CCC1. The van der Waals surface area contributed by atoms with Crippen LogP contribution in [0.3, 0.4) is 0 Å². The molecule has 2 rings (SSSR count). The molecule has 3 heteroatoms. The molecular formula is C13H23N3. The van der Waals surface area contributed by atoms with Gasteiger partial charge in [-0.05, 0) is 46.2 Å². The molecule has 0 amide bonds. The Bertz CT molecular complexity index is 275. The van der Waals surface area contributed by atoms with Crippen LogP contribution < -0.4 is 5.32 Å². The molecule has 16 heavy (non-hydrogen) atoms. The lowest BCUT2D eigenvalue weighted by Crippen LogP contribution is -2.58. The molecule has 2 aliphatic carbocycles. The zero-order valence-corrected chi connectivity index (χ0v) is 10.5. The number of likely N-dealkylation sites (N-methyl/N-ethyl adjacent to an activating group) is 1. The first-order valence-electron chi connectivity index (χ1n) is 6.48. The van der Waals surface area contributed by atoms with E-state index in [-0.39, 0.29) is 5.92 Å². The molecule has 1 N–H and O–H groups in total. The third kappa shape index (κ3) is 2.09. The Balaban J connectivity index is 1.85. The van der Waals surface area contributed by atoms with E-state index in [1.54, 1.807) is 0 Å². The minimum Gasteiger partial charge on any atom is -0.311 e. The van der Waals surface area contributed by atoms with Gasteiger partial charge < -0.3 is 10.2 Å². The van der Waals surface area contributed by atoms with Crippen molar-refractivity contribution in [2.75, 3.05) is 20.6 Å². The summed E-state index contributed by atoms with van der Waals surface area (Å²) in [5.74, 6) is 0.249. The molecule has 0 aromatic carbocycles. The third-order valence-corrected chi connectivity index (χ3v) is 4.61. The van der Waals surface area contributed by atoms with Crippen molar-refractivity contribution in [1.82, 2.24) is 10.2 Å². The van der Waals surface area contributed by atoms with Gasteiger partial charge in [0, 0.05) is 18.1 Å². The van der Waals surface area contributed by atoms with E-state index in [0.29, 0.717) is 11.6 Å². The van der Waals surface area contributed by atoms with Crippen molar-refractivity contribution in [3.05, 3.63) is 0 Å². The Labute approximate surface area is 98.8 Å². The van der Waals surface area contributed by atoms with Crippen LogP contribution in [0.5, 0.6) is 0 Å². The minimum atomic E-state index is 0.249. The van der Waals surface area contributed by atoms with Gasteiger partial charge in [0.15, 0.2) is 0 Å². The summed E-state index contributed by atoms with van der Waals surface area (Å²) in [7, 11) is 4.36. The van der Waals surface area contributed by atoms with Crippen LogP contribution in [0.1, 0.15) is 38.5 Å². The lowest BCUT2D eigenvalue weighted by Gasteiger charge is -2.48. The molecule has 2 saturated carbocycles. The fourth-order valence-electron chi connectivity index (χ4n) is 3.05. The maximum Gasteiger partial charge on any atom is 0.0672 e. The normalized spacial score (nSPS) is 32.4. The highest BCUT2D eigenvalue weighted by Gasteiger charge is 2.40. The Morgan fingerprint density at radius 2 is 2.06 bits per heavy atom. The van der Waals surface area contributed by atoms with E-state index in [2.05, 4.69) is 30.4 Å². The summed E-state index contributed by atoms with van der Waals surface area (Å²) in [6.07, 6.45) is 7.44. The number of nitrogens with zero attached hydrogens (tertiary/aromatic N) is 2. The van der Waals surface area contributed by atoms with E-state index in [1.165, 1.54) is 32.1 Å². The fourth-order valence-corrected chi connectivity index (χ4v) is 3.05. The molecule has 0 saturated heterocycles. The second-order valence-electron chi connectivity index (χ2n) is 5.63. The number of hydrogen-bond acceptors (Lipinski definition) is 3. The third-order valence-electron chi connectivity index (χ3n) is 4.61. The van der Waals surface area contributed by atoms with Crippen molar-refractivity contribution in [2.24, 2.45) is 5.92 Å². The monoisotopic (exact) mass is 221 g/mol. The molecule has 0 aliphatic heterocycles. The van der Waals surface area contributed by atoms with Crippen molar-refractivity contribution in [1.29, 1.82) is 5.26 Å². The second-order valence-corrected chi connectivity index (χ2v) is 5.63.